The third-order valence-corrected chi connectivity index (χ3v) is 8.44. The fourth-order valence-corrected chi connectivity index (χ4v) is 5.40. The molecule has 7 unspecified atom stereocenters. The van der Waals surface area contributed by atoms with Crippen LogP contribution >= 0.6 is 0 Å². The number of aliphatic hydroxyl groups is 5. The molecular weight excluding hydrogens is 586 g/mol. The van der Waals surface area contributed by atoms with Crippen molar-refractivity contribution in [1.29, 1.82) is 0 Å². The van der Waals surface area contributed by atoms with Gasteiger partial charge in [-0.2, -0.15) is 0 Å². The first-order chi connectivity index (χ1) is 22.3. The highest BCUT2D eigenvalue weighted by Gasteiger charge is 2.44. The van der Waals surface area contributed by atoms with Gasteiger partial charge in [-0.1, -0.05) is 108 Å². The summed E-state index contributed by atoms with van der Waals surface area (Å²) in [5.74, 6) is -0.202. The topological polar surface area (TPSA) is 149 Å². The lowest BCUT2D eigenvalue weighted by Gasteiger charge is -2.40. The van der Waals surface area contributed by atoms with E-state index < -0.39 is 49.5 Å². The van der Waals surface area contributed by atoms with Crippen molar-refractivity contribution in [2.45, 2.75) is 179 Å². The van der Waals surface area contributed by atoms with Crippen LogP contribution in [0.1, 0.15) is 136 Å². The molecule has 1 saturated heterocycles. The number of nitrogens with one attached hydrogen (secondary N) is 1. The molecule has 1 amide bonds. The van der Waals surface area contributed by atoms with Gasteiger partial charge in [0.25, 0.3) is 0 Å². The molecule has 9 heteroatoms. The lowest BCUT2D eigenvalue weighted by molar-refractivity contribution is -0.302. The molecule has 1 aliphatic rings. The van der Waals surface area contributed by atoms with Crippen LogP contribution in [0.25, 0.3) is 0 Å². The maximum atomic E-state index is 12.8. The fourth-order valence-electron chi connectivity index (χ4n) is 5.40. The van der Waals surface area contributed by atoms with Gasteiger partial charge in [0.1, 0.15) is 24.4 Å². The SMILES string of the molecule is CCCCC/C=C\CCCCCCCC(=O)NC(COC1OC(CO)C(O)C(O)C1O)C(O)/C=C/CC/C=C/CCCCCCC. The average Bonchev–Trinajstić information content (AvgIpc) is 3.05. The Morgan fingerprint density at radius 1 is 0.717 bits per heavy atom. The number of allylic oxidation sites excluding steroid dienone is 5. The van der Waals surface area contributed by atoms with Crippen molar-refractivity contribution >= 4 is 5.91 Å². The van der Waals surface area contributed by atoms with Gasteiger partial charge in [-0.05, 0) is 57.8 Å². The maximum absolute atomic E-state index is 12.8. The Bertz CT molecular complexity index is 817. The second-order valence-corrected chi connectivity index (χ2v) is 12.6. The van der Waals surface area contributed by atoms with Crippen molar-refractivity contribution in [3.05, 3.63) is 36.5 Å². The summed E-state index contributed by atoms with van der Waals surface area (Å²) in [4.78, 5) is 12.8. The molecule has 0 spiro atoms. The van der Waals surface area contributed by atoms with E-state index in [0.717, 1.165) is 57.8 Å². The lowest BCUT2D eigenvalue weighted by Crippen LogP contribution is -2.60. The zero-order chi connectivity index (χ0) is 33.8. The highest BCUT2D eigenvalue weighted by Crippen LogP contribution is 2.22. The largest absolute Gasteiger partial charge is 0.394 e. The van der Waals surface area contributed by atoms with Gasteiger partial charge >= 0.3 is 0 Å². The Labute approximate surface area is 279 Å². The van der Waals surface area contributed by atoms with Crippen LogP contribution in [0, 0.1) is 0 Å². The number of hydrogen-bond donors (Lipinski definition) is 6. The first kappa shape index (κ1) is 42.4. The van der Waals surface area contributed by atoms with Gasteiger partial charge < -0.3 is 40.3 Å². The predicted octanol–water partition coefficient (Wildman–Crippen LogP) is 5.77. The van der Waals surface area contributed by atoms with Gasteiger partial charge in [0.05, 0.1) is 25.4 Å². The van der Waals surface area contributed by atoms with Crippen LogP contribution in [0.15, 0.2) is 36.5 Å². The van der Waals surface area contributed by atoms with Gasteiger partial charge in [0.15, 0.2) is 6.29 Å². The van der Waals surface area contributed by atoms with E-state index in [9.17, 15) is 30.3 Å². The van der Waals surface area contributed by atoms with Crippen LogP contribution < -0.4 is 5.32 Å². The molecule has 1 heterocycles. The first-order valence-electron chi connectivity index (χ1n) is 18.2. The summed E-state index contributed by atoms with van der Waals surface area (Å²) in [5.41, 5.74) is 0. The molecule has 9 nitrogen and oxygen atoms in total. The molecule has 1 rings (SSSR count). The molecule has 0 saturated carbocycles. The molecule has 1 aliphatic heterocycles. The van der Waals surface area contributed by atoms with Crippen molar-refractivity contribution in [1.82, 2.24) is 5.32 Å². The van der Waals surface area contributed by atoms with Crippen molar-refractivity contribution in [3.8, 4) is 0 Å². The zero-order valence-corrected chi connectivity index (χ0v) is 28.8. The molecule has 0 radical (unpaired) electrons. The summed E-state index contributed by atoms with van der Waals surface area (Å²) in [6, 6.07) is -0.820. The number of carbonyl (C=O) groups is 1. The number of rotatable bonds is 28. The number of carbonyl (C=O) groups excluding carboxylic acids is 1. The van der Waals surface area contributed by atoms with Crippen molar-refractivity contribution in [3.63, 3.8) is 0 Å². The monoisotopic (exact) mass is 653 g/mol. The van der Waals surface area contributed by atoms with Gasteiger partial charge in [-0.15, -0.1) is 0 Å². The van der Waals surface area contributed by atoms with E-state index in [1.54, 1.807) is 6.08 Å². The van der Waals surface area contributed by atoms with Gasteiger partial charge in [0.2, 0.25) is 5.91 Å². The maximum Gasteiger partial charge on any atom is 0.220 e. The number of ether oxygens (including phenoxy) is 2. The van der Waals surface area contributed by atoms with Crippen molar-refractivity contribution < 1.29 is 39.8 Å². The summed E-state index contributed by atoms with van der Waals surface area (Å²) in [6.45, 7) is 3.66. The third kappa shape index (κ3) is 19.9. The molecule has 0 aromatic rings. The minimum Gasteiger partial charge on any atom is -0.394 e. The van der Waals surface area contributed by atoms with E-state index in [4.69, 9.17) is 9.47 Å². The Hall–Kier alpha value is -1.59. The molecule has 0 bridgehead atoms. The number of hydrogen-bond acceptors (Lipinski definition) is 8. The van der Waals surface area contributed by atoms with Gasteiger partial charge in [-0.3, -0.25) is 4.79 Å². The second-order valence-electron chi connectivity index (χ2n) is 12.6. The predicted molar refractivity (Wildman–Crippen MR) is 184 cm³/mol. The van der Waals surface area contributed by atoms with E-state index in [1.165, 1.54) is 57.8 Å². The van der Waals surface area contributed by atoms with E-state index in [0.29, 0.717) is 6.42 Å². The standard InChI is InChI=1S/C37H67NO8/c1-3-5-7-9-11-13-15-17-19-21-23-25-27-33(41)38-30(29-45-37-36(44)35(43)34(42)32(28-39)46-37)31(40)26-24-22-20-18-16-14-12-10-8-6-4-2/h11,13,16,18,24,26,30-32,34-37,39-40,42-44H,3-10,12,14-15,17,19-23,25,27-29H2,1-2H3,(H,38,41)/b13-11-,18-16+,26-24+. The molecule has 1 fully saturated rings. The normalized spacial score (nSPS) is 23.5. The minimum absolute atomic E-state index is 0.202. The number of amides is 1. The van der Waals surface area contributed by atoms with Crippen molar-refractivity contribution in [2.75, 3.05) is 13.2 Å². The number of unbranched alkanes of at least 4 members (excludes halogenated alkanes) is 14. The Morgan fingerprint density at radius 3 is 1.87 bits per heavy atom. The second kappa shape index (κ2) is 28.4. The molecule has 268 valence electrons. The van der Waals surface area contributed by atoms with Crippen molar-refractivity contribution in [2.24, 2.45) is 0 Å². The van der Waals surface area contributed by atoms with E-state index >= 15 is 0 Å². The molecule has 0 aromatic heterocycles. The molecule has 0 aromatic carbocycles. The zero-order valence-electron chi connectivity index (χ0n) is 28.8. The molecule has 6 N–H and O–H groups in total. The summed E-state index contributed by atoms with van der Waals surface area (Å²) < 4.78 is 11.1. The smallest absolute Gasteiger partial charge is 0.220 e. The average molecular weight is 654 g/mol. The van der Waals surface area contributed by atoms with Gasteiger partial charge in [0, 0.05) is 6.42 Å². The van der Waals surface area contributed by atoms with Crippen LogP contribution in [-0.2, 0) is 14.3 Å². The molecule has 46 heavy (non-hydrogen) atoms. The van der Waals surface area contributed by atoms with Gasteiger partial charge in [-0.25, -0.2) is 0 Å². The highest BCUT2D eigenvalue weighted by molar-refractivity contribution is 5.76. The number of aliphatic hydroxyl groups excluding tert-OH is 5. The Balaban J connectivity index is 2.53. The Kier molecular flexibility index (Phi) is 26.2. The quantitative estimate of drug-likeness (QED) is 0.0461. The van der Waals surface area contributed by atoms with Crippen LogP contribution in [-0.4, -0.2) is 87.5 Å². The summed E-state index contributed by atoms with van der Waals surface area (Å²) in [7, 11) is 0. The minimum atomic E-state index is -1.57. The van der Waals surface area contributed by atoms with Crippen LogP contribution in [0.2, 0.25) is 0 Å². The Morgan fingerprint density at radius 2 is 1.24 bits per heavy atom. The molecule has 7 atom stereocenters. The lowest BCUT2D eigenvalue weighted by atomic mass is 9.99. The highest BCUT2D eigenvalue weighted by atomic mass is 16.7. The molecule has 0 aliphatic carbocycles. The summed E-state index contributed by atoms with van der Waals surface area (Å²) in [5, 5.41) is 53.7. The third-order valence-electron chi connectivity index (χ3n) is 8.44. The van der Waals surface area contributed by atoms with Crippen LogP contribution in [0.5, 0.6) is 0 Å². The summed E-state index contributed by atoms with van der Waals surface area (Å²) >= 11 is 0. The van der Waals surface area contributed by atoms with E-state index in [2.05, 4.69) is 43.5 Å². The van der Waals surface area contributed by atoms with E-state index in [-0.39, 0.29) is 12.5 Å². The van der Waals surface area contributed by atoms with Crippen LogP contribution in [0.3, 0.4) is 0 Å². The first-order valence-corrected chi connectivity index (χ1v) is 18.2. The van der Waals surface area contributed by atoms with E-state index in [1.807, 2.05) is 6.08 Å². The van der Waals surface area contributed by atoms with Crippen LogP contribution in [0.4, 0.5) is 0 Å². The molecular formula is C37H67NO8. The fraction of sp³-hybridized carbons (Fsp3) is 0.811. The summed E-state index contributed by atoms with van der Waals surface area (Å²) in [6.07, 6.45) is 24.8.